The number of hydrogen-bond acceptors (Lipinski definition) is 3. The van der Waals surface area contributed by atoms with Crippen LogP contribution in [0.3, 0.4) is 0 Å². The summed E-state index contributed by atoms with van der Waals surface area (Å²) in [5.41, 5.74) is 1.67. The average molecular weight is 282 g/mol. The van der Waals surface area contributed by atoms with Gasteiger partial charge < -0.3 is 5.21 Å². The molecule has 3 rings (SSSR count). The van der Waals surface area contributed by atoms with E-state index in [1.54, 1.807) is 18.2 Å². The highest BCUT2D eigenvalue weighted by molar-refractivity contribution is 6.31. The van der Waals surface area contributed by atoms with Gasteiger partial charge in [0.05, 0.1) is 5.39 Å². The van der Waals surface area contributed by atoms with E-state index in [0.717, 1.165) is 0 Å². The van der Waals surface area contributed by atoms with Crippen LogP contribution in [0, 0.1) is 16.5 Å². The van der Waals surface area contributed by atoms with Crippen molar-refractivity contribution in [2.45, 2.75) is 0 Å². The van der Waals surface area contributed by atoms with E-state index in [9.17, 15) is 5.21 Å². The van der Waals surface area contributed by atoms with Gasteiger partial charge in [-0.05, 0) is 23.2 Å². The predicted molar refractivity (Wildman–Crippen MR) is 75.9 cm³/mol. The molecule has 2 aromatic carbocycles. The Morgan fingerprint density at radius 1 is 1.15 bits per heavy atom. The average Bonchev–Trinajstić information content (AvgIpc) is 2.47. The molecule has 0 N–H and O–H groups in total. The van der Waals surface area contributed by atoms with Crippen molar-refractivity contribution in [1.82, 2.24) is 4.98 Å². The summed E-state index contributed by atoms with van der Waals surface area (Å²) in [4.78, 5) is 4.05. The number of nitriles is 1. The van der Waals surface area contributed by atoms with Gasteiger partial charge in [-0.3, -0.25) is 0 Å². The van der Waals surface area contributed by atoms with Crippen molar-refractivity contribution < 1.29 is 4.73 Å². The van der Waals surface area contributed by atoms with Crippen molar-refractivity contribution in [3.63, 3.8) is 0 Å². The lowest BCUT2D eigenvalue weighted by Gasteiger charge is -2.11. The van der Waals surface area contributed by atoms with Crippen molar-refractivity contribution in [3.05, 3.63) is 64.6 Å². The van der Waals surface area contributed by atoms with Crippen LogP contribution in [0.25, 0.3) is 22.2 Å². The Kier molecular flexibility index (Phi) is 2.97. The predicted octanol–water partition coefficient (Wildman–Crippen LogP) is 3.06. The van der Waals surface area contributed by atoms with Crippen LogP contribution in [0.4, 0.5) is 0 Å². The molecule has 20 heavy (non-hydrogen) atoms. The number of nitrogens with zero attached hydrogens (tertiary/aromatic N) is 3. The van der Waals surface area contributed by atoms with Crippen LogP contribution in [-0.4, -0.2) is 4.98 Å². The minimum Gasteiger partial charge on any atom is -0.710 e. The Bertz CT molecular complexity index is 841. The third-order valence-electron chi connectivity index (χ3n) is 2.98. The second-order valence-corrected chi connectivity index (χ2v) is 4.65. The maximum atomic E-state index is 12.3. The minimum atomic E-state index is -0.182. The Morgan fingerprint density at radius 3 is 2.60 bits per heavy atom. The number of fused-ring (bicyclic) bond motifs is 1. The highest BCUT2D eigenvalue weighted by Gasteiger charge is 2.19. The molecule has 0 saturated carbocycles. The lowest BCUT2D eigenvalue weighted by molar-refractivity contribution is -0.598. The zero-order valence-corrected chi connectivity index (χ0v) is 11.0. The summed E-state index contributed by atoms with van der Waals surface area (Å²) in [5, 5.41) is 22.5. The summed E-state index contributed by atoms with van der Waals surface area (Å²) in [6.07, 6.45) is 0. The number of aromatic nitrogens is 2. The summed E-state index contributed by atoms with van der Waals surface area (Å²) >= 11 is 6.00. The van der Waals surface area contributed by atoms with E-state index in [0.29, 0.717) is 31.9 Å². The first-order valence-corrected chi connectivity index (χ1v) is 6.27. The molecule has 0 amide bonds. The third-order valence-corrected chi connectivity index (χ3v) is 3.22. The highest BCUT2D eigenvalue weighted by atomic mass is 35.5. The zero-order valence-electron chi connectivity index (χ0n) is 10.2. The Hall–Kier alpha value is -2.64. The van der Waals surface area contributed by atoms with Gasteiger partial charge in [-0.25, -0.2) is 4.73 Å². The first kappa shape index (κ1) is 12.4. The maximum absolute atomic E-state index is 12.3. The van der Waals surface area contributed by atoms with Crippen LogP contribution in [0.5, 0.6) is 0 Å². The highest BCUT2D eigenvalue weighted by Crippen LogP contribution is 2.27. The van der Waals surface area contributed by atoms with Crippen LogP contribution in [0.15, 0.2) is 48.5 Å². The van der Waals surface area contributed by atoms with Crippen molar-refractivity contribution in [2.75, 3.05) is 0 Å². The lowest BCUT2D eigenvalue weighted by atomic mass is 10.1. The van der Waals surface area contributed by atoms with Crippen LogP contribution in [-0.2, 0) is 0 Å². The fraction of sp³-hybridized carbons (Fsp3) is 0. The van der Waals surface area contributed by atoms with Crippen molar-refractivity contribution in [1.29, 1.82) is 5.26 Å². The van der Waals surface area contributed by atoms with E-state index < -0.39 is 0 Å². The van der Waals surface area contributed by atoms with Crippen LogP contribution >= 0.6 is 11.6 Å². The fourth-order valence-electron chi connectivity index (χ4n) is 2.11. The molecule has 0 aliphatic heterocycles. The summed E-state index contributed by atoms with van der Waals surface area (Å²) in [7, 11) is 0. The lowest BCUT2D eigenvalue weighted by Crippen LogP contribution is -2.35. The quantitative estimate of drug-likeness (QED) is 0.509. The molecule has 0 aliphatic rings. The Balaban J connectivity index is 2.47. The second kappa shape index (κ2) is 4.80. The van der Waals surface area contributed by atoms with E-state index in [2.05, 4.69) is 4.98 Å². The van der Waals surface area contributed by atoms with Gasteiger partial charge in [0.2, 0.25) is 0 Å². The normalized spacial score (nSPS) is 10.4. The molecule has 0 atom stereocenters. The molecular weight excluding hydrogens is 274 g/mol. The number of benzene rings is 2. The first-order valence-electron chi connectivity index (χ1n) is 5.89. The zero-order chi connectivity index (χ0) is 14.1. The standard InChI is InChI=1S/C15H8ClN3O/c16-11-6-7-13-12(8-11)15(10-4-2-1-3-5-10)19(20)14(9-17)18-13/h1-8H. The molecule has 1 heterocycles. The topological polar surface area (TPSA) is 63.6 Å². The van der Waals surface area contributed by atoms with Gasteiger partial charge in [-0.2, -0.15) is 5.26 Å². The van der Waals surface area contributed by atoms with Gasteiger partial charge in [0.1, 0.15) is 5.69 Å². The molecule has 5 heteroatoms. The number of rotatable bonds is 1. The largest absolute Gasteiger partial charge is 0.710 e. The molecule has 96 valence electrons. The smallest absolute Gasteiger partial charge is 0.407 e. The molecule has 0 radical (unpaired) electrons. The van der Waals surface area contributed by atoms with Gasteiger partial charge in [0.15, 0.2) is 11.6 Å². The van der Waals surface area contributed by atoms with E-state index in [1.165, 1.54) is 0 Å². The summed E-state index contributed by atoms with van der Waals surface area (Å²) in [5.74, 6) is -0.182. The molecule has 4 nitrogen and oxygen atoms in total. The number of halogens is 1. The minimum absolute atomic E-state index is 0.182. The molecule has 0 aliphatic carbocycles. The number of hydrogen-bond donors (Lipinski definition) is 0. The molecule has 1 aromatic heterocycles. The van der Waals surface area contributed by atoms with Crippen LogP contribution in [0.1, 0.15) is 5.82 Å². The SMILES string of the molecule is N#Cc1nc2ccc(Cl)cc2c(-c2ccccc2)[n+]1[O-]. The van der Waals surface area contributed by atoms with E-state index in [4.69, 9.17) is 16.9 Å². The van der Waals surface area contributed by atoms with E-state index in [1.807, 2.05) is 36.4 Å². The van der Waals surface area contributed by atoms with E-state index in [-0.39, 0.29) is 5.82 Å². The van der Waals surface area contributed by atoms with Gasteiger partial charge in [-0.15, -0.1) is 0 Å². The fourth-order valence-corrected chi connectivity index (χ4v) is 2.28. The van der Waals surface area contributed by atoms with Gasteiger partial charge >= 0.3 is 5.82 Å². The molecular formula is C15H8ClN3O. The van der Waals surface area contributed by atoms with Crippen molar-refractivity contribution in [2.24, 2.45) is 0 Å². The Morgan fingerprint density at radius 2 is 1.90 bits per heavy atom. The monoisotopic (exact) mass is 281 g/mol. The molecule has 0 bridgehead atoms. The summed E-state index contributed by atoms with van der Waals surface area (Å²) < 4.78 is 0.550. The molecule has 0 unspecified atom stereocenters. The molecule has 3 aromatic rings. The van der Waals surface area contributed by atoms with Crippen molar-refractivity contribution in [3.8, 4) is 17.3 Å². The molecule has 0 fully saturated rings. The Labute approximate surface area is 120 Å². The summed E-state index contributed by atoms with van der Waals surface area (Å²) in [6, 6.07) is 16.0. The third kappa shape index (κ3) is 1.94. The van der Waals surface area contributed by atoms with Gasteiger partial charge in [0, 0.05) is 10.6 Å². The maximum Gasteiger partial charge on any atom is 0.407 e. The first-order chi connectivity index (χ1) is 9.70. The molecule has 0 spiro atoms. The van der Waals surface area contributed by atoms with Crippen molar-refractivity contribution >= 4 is 22.5 Å². The van der Waals surface area contributed by atoms with E-state index >= 15 is 0 Å². The second-order valence-electron chi connectivity index (χ2n) is 4.22. The van der Waals surface area contributed by atoms with Crippen LogP contribution < -0.4 is 4.73 Å². The van der Waals surface area contributed by atoms with Gasteiger partial charge in [-0.1, -0.05) is 41.9 Å². The molecule has 0 saturated heterocycles. The van der Waals surface area contributed by atoms with Gasteiger partial charge in [0.25, 0.3) is 0 Å². The van der Waals surface area contributed by atoms with Crippen LogP contribution in [0.2, 0.25) is 5.02 Å². The summed E-state index contributed by atoms with van der Waals surface area (Å²) in [6.45, 7) is 0.